The normalized spacial score (nSPS) is 16.6. The van der Waals surface area contributed by atoms with Gasteiger partial charge in [-0.05, 0) is 45.7 Å². The SMILES string of the molecule is CCNc1cc(N2CCC(CCNC)CC2)ncn1. The van der Waals surface area contributed by atoms with Crippen molar-refractivity contribution in [1.29, 1.82) is 0 Å². The lowest BCUT2D eigenvalue weighted by Gasteiger charge is -2.32. The Morgan fingerprint density at radius 1 is 1.32 bits per heavy atom. The van der Waals surface area contributed by atoms with Crippen LogP contribution < -0.4 is 15.5 Å². The Kier molecular flexibility index (Phi) is 5.39. The van der Waals surface area contributed by atoms with Crippen LogP contribution in [0.5, 0.6) is 0 Å². The molecule has 0 amide bonds. The number of rotatable bonds is 6. The highest BCUT2D eigenvalue weighted by Crippen LogP contribution is 2.24. The summed E-state index contributed by atoms with van der Waals surface area (Å²) in [5.74, 6) is 2.83. The highest BCUT2D eigenvalue weighted by atomic mass is 15.2. The molecule has 1 saturated heterocycles. The summed E-state index contributed by atoms with van der Waals surface area (Å²) in [5.41, 5.74) is 0. The predicted molar refractivity (Wildman–Crippen MR) is 79.7 cm³/mol. The lowest BCUT2D eigenvalue weighted by Crippen LogP contribution is -2.35. The van der Waals surface area contributed by atoms with Crippen LogP contribution >= 0.6 is 0 Å². The largest absolute Gasteiger partial charge is 0.370 e. The Hall–Kier alpha value is -1.36. The summed E-state index contributed by atoms with van der Waals surface area (Å²) in [6, 6.07) is 2.05. The van der Waals surface area contributed by atoms with Crippen molar-refractivity contribution in [1.82, 2.24) is 15.3 Å². The van der Waals surface area contributed by atoms with E-state index in [1.807, 2.05) is 7.05 Å². The Balaban J connectivity index is 1.88. The van der Waals surface area contributed by atoms with Crippen molar-refractivity contribution in [2.75, 3.05) is 43.4 Å². The second-order valence-electron chi connectivity index (χ2n) is 5.11. The van der Waals surface area contributed by atoms with E-state index in [4.69, 9.17) is 0 Å². The number of nitrogens with zero attached hydrogens (tertiary/aromatic N) is 3. The molecule has 0 spiro atoms. The lowest BCUT2D eigenvalue weighted by molar-refractivity contribution is 0.377. The van der Waals surface area contributed by atoms with E-state index in [9.17, 15) is 0 Å². The third-order valence-corrected chi connectivity index (χ3v) is 3.75. The van der Waals surface area contributed by atoms with E-state index >= 15 is 0 Å². The average molecular weight is 263 g/mol. The van der Waals surface area contributed by atoms with Gasteiger partial charge in [0.1, 0.15) is 18.0 Å². The van der Waals surface area contributed by atoms with Gasteiger partial charge in [0.2, 0.25) is 0 Å². The van der Waals surface area contributed by atoms with Crippen LogP contribution in [0.3, 0.4) is 0 Å². The lowest BCUT2D eigenvalue weighted by atomic mass is 9.93. The zero-order chi connectivity index (χ0) is 13.5. The van der Waals surface area contributed by atoms with Gasteiger partial charge in [-0.15, -0.1) is 0 Å². The van der Waals surface area contributed by atoms with Gasteiger partial charge in [-0.25, -0.2) is 9.97 Å². The summed E-state index contributed by atoms with van der Waals surface area (Å²) in [6.07, 6.45) is 5.47. The fourth-order valence-corrected chi connectivity index (χ4v) is 2.60. The molecule has 1 fully saturated rings. The summed E-state index contributed by atoms with van der Waals surface area (Å²) in [6.45, 7) is 6.31. The molecule has 1 aliphatic rings. The quantitative estimate of drug-likeness (QED) is 0.818. The van der Waals surface area contributed by atoms with Gasteiger partial charge in [0.25, 0.3) is 0 Å². The summed E-state index contributed by atoms with van der Waals surface area (Å²) in [7, 11) is 2.03. The molecule has 0 aromatic carbocycles. The summed E-state index contributed by atoms with van der Waals surface area (Å²) >= 11 is 0. The topological polar surface area (TPSA) is 53.1 Å². The van der Waals surface area contributed by atoms with E-state index in [0.717, 1.165) is 43.7 Å². The number of aromatic nitrogens is 2. The fraction of sp³-hybridized carbons (Fsp3) is 0.714. The summed E-state index contributed by atoms with van der Waals surface area (Å²) in [5, 5.41) is 6.47. The second kappa shape index (κ2) is 7.28. The molecule has 0 saturated carbocycles. The summed E-state index contributed by atoms with van der Waals surface area (Å²) in [4.78, 5) is 11.0. The zero-order valence-electron chi connectivity index (χ0n) is 12.0. The molecule has 1 aromatic rings. The first-order valence-electron chi connectivity index (χ1n) is 7.29. The minimum absolute atomic E-state index is 0.860. The maximum atomic E-state index is 4.39. The van der Waals surface area contributed by atoms with Gasteiger partial charge in [0, 0.05) is 25.7 Å². The van der Waals surface area contributed by atoms with E-state index in [1.165, 1.54) is 19.3 Å². The number of hydrogen-bond donors (Lipinski definition) is 2. The third-order valence-electron chi connectivity index (χ3n) is 3.75. The van der Waals surface area contributed by atoms with Gasteiger partial charge >= 0.3 is 0 Å². The van der Waals surface area contributed by atoms with Crippen LogP contribution in [0.2, 0.25) is 0 Å². The highest BCUT2D eigenvalue weighted by molar-refractivity contribution is 5.48. The molecule has 0 aliphatic carbocycles. The van der Waals surface area contributed by atoms with E-state index < -0.39 is 0 Å². The monoisotopic (exact) mass is 263 g/mol. The molecule has 0 atom stereocenters. The van der Waals surface area contributed by atoms with Crippen molar-refractivity contribution in [3.8, 4) is 0 Å². The zero-order valence-corrected chi connectivity index (χ0v) is 12.0. The Morgan fingerprint density at radius 2 is 2.11 bits per heavy atom. The third kappa shape index (κ3) is 4.06. The number of nitrogens with one attached hydrogen (secondary N) is 2. The Bertz CT molecular complexity index is 374. The molecule has 5 nitrogen and oxygen atoms in total. The van der Waals surface area contributed by atoms with E-state index in [-0.39, 0.29) is 0 Å². The minimum atomic E-state index is 0.860. The first kappa shape index (κ1) is 14.1. The van der Waals surface area contributed by atoms with Crippen LogP contribution in [0, 0.1) is 5.92 Å². The molecule has 5 heteroatoms. The first-order chi connectivity index (χ1) is 9.33. The molecule has 0 unspecified atom stereocenters. The predicted octanol–water partition coefficient (Wildman–Crippen LogP) is 1.73. The van der Waals surface area contributed by atoms with Crippen molar-refractivity contribution in [3.05, 3.63) is 12.4 Å². The molecule has 2 N–H and O–H groups in total. The van der Waals surface area contributed by atoms with Gasteiger partial charge in [-0.2, -0.15) is 0 Å². The molecule has 19 heavy (non-hydrogen) atoms. The molecule has 1 aromatic heterocycles. The van der Waals surface area contributed by atoms with Crippen molar-refractivity contribution in [3.63, 3.8) is 0 Å². The van der Waals surface area contributed by atoms with Gasteiger partial charge in [0.15, 0.2) is 0 Å². The molecular weight excluding hydrogens is 238 g/mol. The fourth-order valence-electron chi connectivity index (χ4n) is 2.60. The smallest absolute Gasteiger partial charge is 0.134 e. The van der Waals surface area contributed by atoms with Crippen LogP contribution in [0.1, 0.15) is 26.2 Å². The standard InChI is InChI=1S/C14H25N5/c1-3-16-13-10-14(18-11-17-13)19-8-5-12(6-9-19)4-7-15-2/h10-12,15H,3-9H2,1-2H3,(H,16,17,18). The van der Waals surface area contributed by atoms with Crippen molar-refractivity contribution in [2.45, 2.75) is 26.2 Å². The molecule has 2 heterocycles. The Labute approximate surface area is 115 Å². The van der Waals surface area contributed by atoms with Crippen molar-refractivity contribution in [2.24, 2.45) is 5.92 Å². The van der Waals surface area contributed by atoms with E-state index in [2.05, 4.69) is 38.5 Å². The van der Waals surface area contributed by atoms with E-state index in [1.54, 1.807) is 6.33 Å². The molecule has 0 radical (unpaired) electrons. The molecule has 106 valence electrons. The maximum Gasteiger partial charge on any atom is 0.134 e. The second-order valence-corrected chi connectivity index (χ2v) is 5.11. The van der Waals surface area contributed by atoms with Crippen LogP contribution in [0.25, 0.3) is 0 Å². The van der Waals surface area contributed by atoms with Crippen molar-refractivity contribution >= 4 is 11.6 Å². The molecule has 1 aliphatic heterocycles. The van der Waals surface area contributed by atoms with Crippen LogP contribution in [-0.4, -0.2) is 43.2 Å². The van der Waals surface area contributed by atoms with Crippen LogP contribution in [0.15, 0.2) is 12.4 Å². The van der Waals surface area contributed by atoms with Crippen LogP contribution in [-0.2, 0) is 0 Å². The number of piperidine rings is 1. The number of anilines is 2. The number of hydrogen-bond acceptors (Lipinski definition) is 5. The highest BCUT2D eigenvalue weighted by Gasteiger charge is 2.19. The first-order valence-corrected chi connectivity index (χ1v) is 7.29. The minimum Gasteiger partial charge on any atom is -0.370 e. The maximum absolute atomic E-state index is 4.39. The van der Waals surface area contributed by atoms with E-state index in [0.29, 0.717) is 0 Å². The Morgan fingerprint density at radius 3 is 2.79 bits per heavy atom. The van der Waals surface area contributed by atoms with Gasteiger partial charge in [-0.1, -0.05) is 0 Å². The van der Waals surface area contributed by atoms with Gasteiger partial charge in [-0.3, -0.25) is 0 Å². The molecular formula is C14H25N5. The average Bonchev–Trinajstić information content (AvgIpc) is 2.46. The van der Waals surface area contributed by atoms with Gasteiger partial charge in [0.05, 0.1) is 0 Å². The van der Waals surface area contributed by atoms with Gasteiger partial charge < -0.3 is 15.5 Å². The summed E-state index contributed by atoms with van der Waals surface area (Å²) < 4.78 is 0. The van der Waals surface area contributed by atoms with Crippen LogP contribution in [0.4, 0.5) is 11.6 Å². The van der Waals surface area contributed by atoms with Crippen molar-refractivity contribution < 1.29 is 0 Å². The molecule has 0 bridgehead atoms. The molecule has 2 rings (SSSR count).